The summed E-state index contributed by atoms with van der Waals surface area (Å²) >= 11 is 4.76. The number of fused-ring (bicyclic) bond motifs is 1. The van der Waals surface area contributed by atoms with Crippen LogP contribution in [0.15, 0.2) is 55.9 Å². The summed E-state index contributed by atoms with van der Waals surface area (Å²) < 4.78 is 30.4. The number of esters is 1. The molecule has 4 rings (SSSR count). The molecule has 1 aromatic heterocycles. The van der Waals surface area contributed by atoms with E-state index in [-0.39, 0.29) is 12.2 Å². The quantitative estimate of drug-likeness (QED) is 0.307. The van der Waals surface area contributed by atoms with Crippen LogP contribution >= 0.6 is 27.3 Å². The van der Waals surface area contributed by atoms with Crippen molar-refractivity contribution in [2.75, 3.05) is 35.0 Å². The number of halogens is 1. The first-order chi connectivity index (χ1) is 19.3. The minimum atomic E-state index is -0.814. The van der Waals surface area contributed by atoms with Crippen molar-refractivity contribution in [2.45, 2.75) is 32.7 Å². The number of aromatic nitrogens is 1. The molecule has 3 aromatic rings. The Balaban J connectivity index is 2.08. The van der Waals surface area contributed by atoms with Crippen LogP contribution in [-0.2, 0) is 9.53 Å². The van der Waals surface area contributed by atoms with Gasteiger partial charge >= 0.3 is 5.97 Å². The number of carbonyl (C=O) groups excluding carboxylic acids is 1. The Morgan fingerprint density at radius 3 is 2.27 bits per heavy atom. The molecule has 0 unspecified atom stereocenters. The summed E-state index contributed by atoms with van der Waals surface area (Å²) in [6.45, 7) is 3.95. The fourth-order valence-corrected chi connectivity index (χ4v) is 6.02. The number of ether oxygens (including phenoxy) is 5. The average molecular weight is 632 g/mol. The van der Waals surface area contributed by atoms with Crippen molar-refractivity contribution in [1.29, 1.82) is 0 Å². The summed E-state index contributed by atoms with van der Waals surface area (Å²) in [5.41, 5.74) is 1.79. The molecule has 0 saturated carbocycles. The van der Waals surface area contributed by atoms with Gasteiger partial charge in [-0.2, -0.15) is 0 Å². The molecule has 11 heteroatoms. The molecule has 0 aliphatic carbocycles. The van der Waals surface area contributed by atoms with E-state index >= 15 is 0 Å². The lowest BCUT2D eigenvalue weighted by Gasteiger charge is -2.27. The van der Waals surface area contributed by atoms with Crippen LogP contribution in [-0.4, -0.2) is 45.6 Å². The minimum Gasteiger partial charge on any atom is -0.496 e. The van der Waals surface area contributed by atoms with Crippen molar-refractivity contribution < 1.29 is 28.5 Å². The van der Waals surface area contributed by atoms with E-state index in [1.807, 2.05) is 19.1 Å². The SMILES string of the molecule is CCCC1=C(C(=O)OCC)[C@H](c2cc(Br)ccc2OC)n2c(s/c(=C/c3c(OC)cc(OC)cc3OC)c2=O)=N1. The topological polar surface area (TPSA) is 97.6 Å². The minimum absolute atomic E-state index is 0.186. The lowest BCUT2D eigenvalue weighted by molar-refractivity contribution is -0.139. The average Bonchev–Trinajstić information content (AvgIpc) is 3.26. The smallest absolute Gasteiger partial charge is 0.338 e. The highest BCUT2D eigenvalue weighted by Gasteiger charge is 2.36. The summed E-state index contributed by atoms with van der Waals surface area (Å²) in [5, 5.41) is 0. The van der Waals surface area contributed by atoms with Crippen molar-refractivity contribution in [1.82, 2.24) is 4.57 Å². The summed E-state index contributed by atoms with van der Waals surface area (Å²) in [4.78, 5) is 32.9. The van der Waals surface area contributed by atoms with Gasteiger partial charge in [0.1, 0.15) is 29.0 Å². The number of thiazole rings is 1. The van der Waals surface area contributed by atoms with E-state index in [1.165, 1.54) is 30.1 Å². The number of hydrogen-bond acceptors (Lipinski definition) is 9. The highest BCUT2D eigenvalue weighted by atomic mass is 79.9. The van der Waals surface area contributed by atoms with Gasteiger partial charge in [0.15, 0.2) is 4.80 Å². The third-order valence-electron chi connectivity index (χ3n) is 6.41. The zero-order chi connectivity index (χ0) is 29.0. The maximum absolute atomic E-state index is 14.1. The Morgan fingerprint density at radius 2 is 1.70 bits per heavy atom. The van der Waals surface area contributed by atoms with E-state index < -0.39 is 12.0 Å². The van der Waals surface area contributed by atoms with Crippen LogP contribution in [0.3, 0.4) is 0 Å². The standard InChI is InChI=1S/C29H31BrN2O7S/c1-7-9-20-25(28(34)39-8-2)26(19-12-16(30)10-11-21(19)36-4)32-27(33)24(40-29(32)31-20)15-18-22(37-5)13-17(35-3)14-23(18)38-6/h10-15,26H,7-9H2,1-6H3/b24-15+/t26-/m0/s1. The Bertz CT molecular complexity index is 1620. The van der Waals surface area contributed by atoms with Crippen LogP contribution in [0.1, 0.15) is 43.9 Å². The van der Waals surface area contributed by atoms with E-state index in [4.69, 9.17) is 28.7 Å². The predicted molar refractivity (Wildman–Crippen MR) is 156 cm³/mol. The molecule has 0 amide bonds. The molecule has 0 fully saturated rings. The molecule has 0 saturated heterocycles. The van der Waals surface area contributed by atoms with Gasteiger partial charge in [-0.3, -0.25) is 9.36 Å². The predicted octanol–water partition coefficient (Wildman–Crippen LogP) is 4.38. The fraction of sp³-hybridized carbons (Fsp3) is 0.345. The van der Waals surface area contributed by atoms with Crippen LogP contribution in [0, 0.1) is 0 Å². The summed E-state index contributed by atoms with van der Waals surface area (Å²) in [6, 6.07) is 8.12. The maximum atomic E-state index is 14.1. The first-order valence-electron chi connectivity index (χ1n) is 12.7. The molecule has 212 valence electrons. The second-order valence-electron chi connectivity index (χ2n) is 8.75. The molecule has 2 aromatic carbocycles. The molecule has 40 heavy (non-hydrogen) atoms. The van der Waals surface area contributed by atoms with Gasteiger partial charge in [0.25, 0.3) is 5.56 Å². The largest absolute Gasteiger partial charge is 0.496 e. The molecule has 0 bridgehead atoms. The number of methoxy groups -OCH3 is 4. The molecule has 1 aliphatic rings. The zero-order valence-electron chi connectivity index (χ0n) is 23.2. The fourth-order valence-electron chi connectivity index (χ4n) is 4.64. The van der Waals surface area contributed by atoms with Crippen molar-refractivity contribution >= 4 is 39.3 Å². The van der Waals surface area contributed by atoms with E-state index in [2.05, 4.69) is 15.9 Å². The van der Waals surface area contributed by atoms with Gasteiger partial charge in [0.05, 0.1) is 56.4 Å². The molecule has 1 atom stereocenters. The summed E-state index contributed by atoms with van der Waals surface area (Å²) in [7, 11) is 6.18. The highest BCUT2D eigenvalue weighted by Crippen LogP contribution is 2.39. The van der Waals surface area contributed by atoms with Gasteiger partial charge in [0, 0.05) is 22.2 Å². The van der Waals surface area contributed by atoms with E-state index in [9.17, 15) is 9.59 Å². The maximum Gasteiger partial charge on any atom is 0.338 e. The molecule has 1 aliphatic heterocycles. The van der Waals surface area contributed by atoms with E-state index in [1.54, 1.807) is 45.4 Å². The van der Waals surface area contributed by atoms with Gasteiger partial charge in [-0.05, 0) is 37.6 Å². The first kappa shape index (κ1) is 29.4. The third kappa shape index (κ3) is 5.53. The number of hydrogen-bond donors (Lipinski definition) is 0. The lowest BCUT2D eigenvalue weighted by atomic mass is 9.93. The molecular formula is C29H31BrN2O7S. The molecule has 2 heterocycles. The Morgan fingerprint density at radius 1 is 1.02 bits per heavy atom. The third-order valence-corrected chi connectivity index (χ3v) is 7.88. The number of allylic oxidation sites excluding steroid dienone is 1. The van der Waals surface area contributed by atoms with E-state index in [0.717, 1.165) is 10.9 Å². The van der Waals surface area contributed by atoms with Crippen LogP contribution in [0.2, 0.25) is 0 Å². The van der Waals surface area contributed by atoms with Crippen molar-refractivity contribution in [2.24, 2.45) is 4.99 Å². The number of rotatable bonds is 10. The monoisotopic (exact) mass is 630 g/mol. The van der Waals surface area contributed by atoms with Gasteiger partial charge in [-0.25, -0.2) is 9.79 Å². The molecule has 0 N–H and O–H groups in total. The molecule has 9 nitrogen and oxygen atoms in total. The summed E-state index contributed by atoms with van der Waals surface area (Å²) in [6.07, 6.45) is 2.99. The van der Waals surface area contributed by atoms with Crippen molar-refractivity contribution in [3.05, 3.63) is 76.9 Å². The second kappa shape index (κ2) is 12.7. The Hall–Kier alpha value is -3.57. The van der Waals surface area contributed by atoms with Gasteiger partial charge < -0.3 is 23.7 Å². The molecule has 0 spiro atoms. The molecular weight excluding hydrogens is 600 g/mol. The van der Waals surface area contributed by atoms with Crippen LogP contribution in [0.4, 0.5) is 0 Å². The number of carbonyl (C=O) groups is 1. The van der Waals surface area contributed by atoms with Crippen LogP contribution < -0.4 is 33.8 Å². The van der Waals surface area contributed by atoms with Crippen molar-refractivity contribution in [3.63, 3.8) is 0 Å². The van der Waals surface area contributed by atoms with Crippen LogP contribution in [0.25, 0.3) is 6.08 Å². The normalized spacial score (nSPS) is 14.9. The highest BCUT2D eigenvalue weighted by molar-refractivity contribution is 9.10. The van der Waals surface area contributed by atoms with E-state index in [0.29, 0.717) is 61.1 Å². The van der Waals surface area contributed by atoms with Gasteiger partial charge in [-0.15, -0.1) is 0 Å². The number of nitrogens with zero attached hydrogens (tertiary/aromatic N) is 2. The zero-order valence-corrected chi connectivity index (χ0v) is 25.6. The first-order valence-corrected chi connectivity index (χ1v) is 14.3. The Labute approximate surface area is 244 Å². The lowest BCUT2D eigenvalue weighted by Crippen LogP contribution is -2.40. The number of benzene rings is 2. The van der Waals surface area contributed by atoms with Gasteiger partial charge in [-0.1, -0.05) is 40.6 Å². The second-order valence-corrected chi connectivity index (χ2v) is 10.7. The van der Waals surface area contributed by atoms with Crippen LogP contribution in [0.5, 0.6) is 23.0 Å². The molecule has 0 radical (unpaired) electrons. The Kier molecular flexibility index (Phi) is 9.36. The van der Waals surface area contributed by atoms with Crippen molar-refractivity contribution in [3.8, 4) is 23.0 Å². The van der Waals surface area contributed by atoms with Gasteiger partial charge in [0.2, 0.25) is 0 Å². The summed E-state index contributed by atoms with van der Waals surface area (Å²) in [5.74, 6) is 1.52.